The molecule has 0 spiro atoms. The summed E-state index contributed by atoms with van der Waals surface area (Å²) < 4.78 is 1.46. The summed E-state index contributed by atoms with van der Waals surface area (Å²) in [4.78, 5) is 23.1. The fraction of sp³-hybridized carbons (Fsp3) is 0.143. The minimum absolute atomic E-state index is 0.114. The highest BCUT2D eigenvalue weighted by molar-refractivity contribution is 5.94. The fourth-order valence-electron chi connectivity index (χ4n) is 3.08. The van der Waals surface area contributed by atoms with Gasteiger partial charge in [-0.25, -0.2) is 0 Å². The van der Waals surface area contributed by atoms with Crippen LogP contribution in [-0.2, 0) is 13.6 Å². The van der Waals surface area contributed by atoms with Crippen LogP contribution in [0.1, 0.15) is 16.7 Å². The third-order valence-electron chi connectivity index (χ3n) is 4.52. The van der Waals surface area contributed by atoms with Gasteiger partial charge in [-0.1, -0.05) is 30.3 Å². The van der Waals surface area contributed by atoms with E-state index in [-0.39, 0.29) is 16.8 Å². The van der Waals surface area contributed by atoms with Crippen LogP contribution in [0.4, 0.5) is 11.4 Å². The molecule has 2 aromatic carbocycles. The first-order valence-electron chi connectivity index (χ1n) is 8.69. The molecule has 0 saturated heterocycles. The van der Waals surface area contributed by atoms with Crippen LogP contribution < -0.4 is 10.9 Å². The summed E-state index contributed by atoms with van der Waals surface area (Å²) in [6, 6.07) is 14.6. The first-order chi connectivity index (χ1) is 13.4. The van der Waals surface area contributed by atoms with E-state index in [1.165, 1.54) is 10.6 Å². The van der Waals surface area contributed by atoms with Crippen LogP contribution >= 0.6 is 0 Å². The average molecular weight is 376 g/mol. The van der Waals surface area contributed by atoms with Gasteiger partial charge in [0.1, 0.15) is 0 Å². The lowest BCUT2D eigenvalue weighted by atomic mass is 10.0. The summed E-state index contributed by atoms with van der Waals surface area (Å²) in [6.45, 7) is 2.18. The van der Waals surface area contributed by atoms with E-state index in [2.05, 4.69) is 5.32 Å². The van der Waals surface area contributed by atoms with Crippen molar-refractivity contribution in [3.63, 3.8) is 0 Å². The Labute approximate surface area is 161 Å². The highest BCUT2D eigenvalue weighted by Crippen LogP contribution is 2.33. The zero-order valence-corrected chi connectivity index (χ0v) is 15.6. The van der Waals surface area contributed by atoms with Crippen LogP contribution in [0.15, 0.2) is 59.5 Å². The molecule has 0 aliphatic rings. The van der Waals surface area contributed by atoms with Crippen LogP contribution in [-0.4, -0.2) is 15.7 Å². The number of hydrogen-bond donors (Lipinski definition) is 2. The Hall–Kier alpha value is -3.74. The average Bonchev–Trinajstić information content (AvgIpc) is 2.70. The topological polar surface area (TPSA) is 101 Å². The van der Waals surface area contributed by atoms with Crippen molar-refractivity contribution in [2.45, 2.75) is 13.5 Å². The molecule has 0 bridgehead atoms. The number of nitro groups is 1. The highest BCUT2D eigenvalue weighted by atomic mass is 16.6. The standard InChI is InChI=1S/C21H20N4O3/c1-14-8-17(13-24(2)21(14)26)16-9-19(18(11-22)20(10-16)25(27)28)23-12-15-6-4-3-5-7-15/h3-11,13,22-23H,12H2,1-2H3. The molecule has 0 saturated carbocycles. The molecule has 0 aliphatic heterocycles. The van der Waals surface area contributed by atoms with Gasteiger partial charge in [0.25, 0.3) is 11.2 Å². The number of benzene rings is 2. The highest BCUT2D eigenvalue weighted by Gasteiger charge is 2.19. The maximum absolute atomic E-state index is 12.0. The quantitative estimate of drug-likeness (QED) is 0.387. The second-order valence-corrected chi connectivity index (χ2v) is 6.53. The third kappa shape index (κ3) is 3.83. The molecule has 1 aromatic heterocycles. The second kappa shape index (κ2) is 7.87. The van der Waals surface area contributed by atoms with Gasteiger partial charge in [-0.2, -0.15) is 0 Å². The van der Waals surface area contributed by atoms with Crippen molar-refractivity contribution < 1.29 is 4.92 Å². The first-order valence-corrected chi connectivity index (χ1v) is 8.69. The molecule has 28 heavy (non-hydrogen) atoms. The molecule has 1 heterocycles. The van der Waals surface area contributed by atoms with Crippen molar-refractivity contribution in [1.82, 2.24) is 4.57 Å². The number of nitrogens with zero attached hydrogens (tertiary/aromatic N) is 2. The van der Waals surface area contributed by atoms with Gasteiger partial charge < -0.3 is 15.3 Å². The number of aryl methyl sites for hydroxylation is 2. The van der Waals surface area contributed by atoms with E-state index in [0.29, 0.717) is 28.9 Å². The van der Waals surface area contributed by atoms with E-state index in [0.717, 1.165) is 11.8 Å². The molecule has 0 aliphatic carbocycles. The molecule has 3 aromatic rings. The van der Waals surface area contributed by atoms with Crippen molar-refractivity contribution in [1.29, 1.82) is 5.41 Å². The molecule has 0 atom stereocenters. The number of rotatable bonds is 6. The Kier molecular flexibility index (Phi) is 5.35. The number of nitrogens with one attached hydrogen (secondary N) is 2. The number of hydrogen-bond acceptors (Lipinski definition) is 5. The molecular weight excluding hydrogens is 356 g/mol. The maximum atomic E-state index is 12.0. The Morgan fingerprint density at radius 1 is 1.18 bits per heavy atom. The minimum Gasteiger partial charge on any atom is -0.380 e. The summed E-state index contributed by atoms with van der Waals surface area (Å²) in [6.07, 6.45) is 2.64. The van der Waals surface area contributed by atoms with Gasteiger partial charge in [-0.3, -0.25) is 14.9 Å². The van der Waals surface area contributed by atoms with E-state index in [4.69, 9.17) is 5.41 Å². The monoisotopic (exact) mass is 376 g/mol. The number of nitro benzene ring substituents is 1. The van der Waals surface area contributed by atoms with Gasteiger partial charge in [-0.05, 0) is 35.7 Å². The van der Waals surface area contributed by atoms with Crippen LogP contribution in [0.25, 0.3) is 11.1 Å². The van der Waals surface area contributed by atoms with E-state index in [9.17, 15) is 14.9 Å². The van der Waals surface area contributed by atoms with Crippen molar-refractivity contribution in [3.05, 3.63) is 91.9 Å². The van der Waals surface area contributed by atoms with Gasteiger partial charge in [0, 0.05) is 37.6 Å². The zero-order chi connectivity index (χ0) is 20.3. The van der Waals surface area contributed by atoms with Crippen molar-refractivity contribution in [3.8, 4) is 11.1 Å². The summed E-state index contributed by atoms with van der Waals surface area (Å²) in [7, 11) is 1.65. The Balaban J connectivity index is 2.11. The second-order valence-electron chi connectivity index (χ2n) is 6.53. The van der Waals surface area contributed by atoms with E-state index >= 15 is 0 Å². The number of anilines is 1. The lowest BCUT2D eigenvalue weighted by Gasteiger charge is -2.13. The van der Waals surface area contributed by atoms with Gasteiger partial charge in [0.2, 0.25) is 0 Å². The van der Waals surface area contributed by atoms with Crippen LogP contribution in [0.5, 0.6) is 0 Å². The van der Waals surface area contributed by atoms with Crippen LogP contribution in [0.3, 0.4) is 0 Å². The van der Waals surface area contributed by atoms with Crippen molar-refractivity contribution in [2.75, 3.05) is 5.32 Å². The molecule has 7 heteroatoms. The zero-order valence-electron chi connectivity index (χ0n) is 15.6. The minimum atomic E-state index is -0.494. The first kappa shape index (κ1) is 19.0. The van der Waals surface area contributed by atoms with Crippen LogP contribution in [0, 0.1) is 22.4 Å². The van der Waals surface area contributed by atoms with E-state index in [1.807, 2.05) is 30.3 Å². The molecule has 2 N–H and O–H groups in total. The van der Waals surface area contributed by atoms with Crippen LogP contribution in [0.2, 0.25) is 0 Å². The third-order valence-corrected chi connectivity index (χ3v) is 4.52. The van der Waals surface area contributed by atoms with Crippen molar-refractivity contribution in [2.24, 2.45) is 7.05 Å². The van der Waals surface area contributed by atoms with Crippen molar-refractivity contribution >= 4 is 17.6 Å². The molecule has 0 unspecified atom stereocenters. The molecule has 7 nitrogen and oxygen atoms in total. The maximum Gasteiger partial charge on any atom is 0.280 e. The summed E-state index contributed by atoms with van der Waals surface area (Å²) in [5.41, 5.74) is 3.31. The lowest BCUT2D eigenvalue weighted by Crippen LogP contribution is -2.18. The molecule has 0 amide bonds. The predicted molar refractivity (Wildman–Crippen MR) is 110 cm³/mol. The lowest BCUT2D eigenvalue weighted by molar-refractivity contribution is -0.384. The normalized spacial score (nSPS) is 10.5. The largest absolute Gasteiger partial charge is 0.380 e. The molecule has 0 fully saturated rings. The van der Waals surface area contributed by atoms with Gasteiger partial charge >= 0.3 is 0 Å². The van der Waals surface area contributed by atoms with Gasteiger partial charge in [0.15, 0.2) is 0 Å². The SMILES string of the molecule is Cc1cc(-c2cc(NCc3ccccc3)c(C=N)c([N+](=O)[O-])c2)cn(C)c1=O. The fourth-order valence-corrected chi connectivity index (χ4v) is 3.08. The molecule has 3 rings (SSSR count). The Morgan fingerprint density at radius 3 is 2.50 bits per heavy atom. The van der Waals surface area contributed by atoms with Gasteiger partial charge in [-0.15, -0.1) is 0 Å². The smallest absolute Gasteiger partial charge is 0.280 e. The summed E-state index contributed by atoms with van der Waals surface area (Å²) >= 11 is 0. The van der Waals surface area contributed by atoms with Gasteiger partial charge in [0.05, 0.1) is 16.2 Å². The summed E-state index contributed by atoms with van der Waals surface area (Å²) in [5.74, 6) is 0. The molecular formula is C21H20N4O3. The molecule has 142 valence electrons. The Morgan fingerprint density at radius 2 is 1.89 bits per heavy atom. The number of aromatic nitrogens is 1. The van der Waals surface area contributed by atoms with E-state index < -0.39 is 4.92 Å². The van der Waals surface area contributed by atoms with E-state index in [1.54, 1.807) is 32.3 Å². The summed E-state index contributed by atoms with van der Waals surface area (Å²) in [5, 5.41) is 22.5. The Bertz CT molecular complexity index is 1080. The number of pyridine rings is 1. The molecule has 0 radical (unpaired) electrons. The predicted octanol–water partition coefficient (Wildman–Crippen LogP) is 3.88.